The van der Waals surface area contributed by atoms with Crippen molar-refractivity contribution >= 4 is 37.3 Å². The Hall–Kier alpha value is -0.865. The van der Waals surface area contributed by atoms with Crippen molar-refractivity contribution in [1.29, 1.82) is 0 Å². The van der Waals surface area contributed by atoms with E-state index in [0.717, 1.165) is 78.5 Å². The molecule has 0 aromatic heterocycles. The van der Waals surface area contributed by atoms with Gasteiger partial charge in [-0.1, -0.05) is 0 Å². The topological polar surface area (TPSA) is 265 Å². The molecule has 3 aliphatic heterocycles. The predicted molar refractivity (Wildman–Crippen MR) is 113 cm³/mol. The molecule has 0 amide bonds. The molecule has 0 aromatic carbocycles. The van der Waals surface area contributed by atoms with Gasteiger partial charge in [0.25, 0.3) is 0 Å². The molecule has 3 aliphatic rings. The van der Waals surface area contributed by atoms with Gasteiger partial charge in [-0.2, -0.15) is 0 Å². The van der Waals surface area contributed by atoms with Gasteiger partial charge < -0.3 is 0 Å². The summed E-state index contributed by atoms with van der Waals surface area (Å²) >= 11 is 0. The van der Waals surface area contributed by atoms with E-state index in [-0.39, 0.29) is 27.7 Å². The molecule has 3 heterocycles. The first kappa shape index (κ1) is 38.3. The molecule has 16 nitrogen and oxygen atoms in total. The summed E-state index contributed by atoms with van der Waals surface area (Å²) in [5, 5.41) is 0. The zero-order valence-electron chi connectivity index (χ0n) is 20.3. The minimum atomic E-state index is -4.94. The largest absolute Gasteiger partial charge is 2.00 e. The summed E-state index contributed by atoms with van der Waals surface area (Å²) in [6, 6.07) is 0. The van der Waals surface area contributed by atoms with Crippen LogP contribution in [0.4, 0.5) is 0 Å². The number of rotatable bonds is 0. The molecule has 0 saturated carbocycles. The summed E-state index contributed by atoms with van der Waals surface area (Å²) < 4.78 is 67.9. The summed E-state index contributed by atoms with van der Waals surface area (Å²) in [4.78, 5) is 31.3. The van der Waals surface area contributed by atoms with Crippen LogP contribution in [0.2, 0.25) is 0 Å². The van der Waals surface area contributed by atoms with Crippen LogP contribution in [0.5, 0.6) is 0 Å². The second-order valence-electron chi connectivity index (χ2n) is 6.77. The van der Waals surface area contributed by atoms with Crippen molar-refractivity contribution in [2.45, 2.75) is 0 Å². The molecule has 37 heavy (non-hydrogen) atoms. The van der Waals surface area contributed by atoms with Gasteiger partial charge >= 0.3 is 27.7 Å². The maximum absolute atomic E-state index is 8.49. The number of hydrogen-bond acceptors (Lipinski definition) is 16. The molecule has 206 valence electrons. The zero-order valence-corrected chi connectivity index (χ0v) is 27.3. The van der Waals surface area contributed by atoms with Gasteiger partial charge in [0.15, 0.2) is 0 Å². The molecule has 0 atom stereocenters. The third kappa shape index (κ3) is 37.4. The van der Waals surface area contributed by atoms with Gasteiger partial charge in [0.2, 0.25) is 0 Å². The van der Waals surface area contributed by atoms with Crippen LogP contribution in [0.1, 0.15) is 0 Å². The number of aliphatic imine (C=N–C) groups is 6. The normalized spacial score (nSPS) is 22.1. The van der Waals surface area contributed by atoms with E-state index in [1.807, 2.05) is 0 Å². The van der Waals surface area contributed by atoms with Crippen molar-refractivity contribution < 1.29 is 85.4 Å². The molecule has 0 fully saturated rings. The van der Waals surface area contributed by atoms with E-state index in [2.05, 4.69) is 39.8 Å². The first-order valence-electron chi connectivity index (χ1n) is 10.6. The minimum absolute atomic E-state index is 0. The third-order valence-electron chi connectivity index (χ3n) is 4.10. The number of hydrogen-bond donors (Lipinski definition) is 0. The number of fused-ring (bicyclic) bond motifs is 15. The number of halogens is 2. The Kier molecular flexibility index (Phi) is 25.0. The monoisotopic (exact) mass is 758 g/mol. The fourth-order valence-corrected chi connectivity index (χ4v) is 2.60. The Balaban J connectivity index is 0. The molecular formula is C18H30Cl2HgN8O8. The van der Waals surface area contributed by atoms with E-state index >= 15 is 0 Å². The molecule has 0 N–H and O–H groups in total. The van der Waals surface area contributed by atoms with Crippen molar-refractivity contribution in [2.75, 3.05) is 78.5 Å². The van der Waals surface area contributed by atoms with Crippen molar-refractivity contribution in [1.82, 2.24) is 9.80 Å². The van der Waals surface area contributed by atoms with Crippen molar-refractivity contribution in [2.24, 2.45) is 30.0 Å². The molecule has 0 spiro atoms. The van der Waals surface area contributed by atoms with E-state index < -0.39 is 20.5 Å². The molecule has 0 unspecified atom stereocenters. The second-order valence-corrected chi connectivity index (χ2v) is 8.28. The van der Waals surface area contributed by atoms with Crippen LogP contribution in [0.25, 0.3) is 0 Å². The predicted octanol–water partition coefficient (Wildman–Crippen LogP) is -9.47. The van der Waals surface area contributed by atoms with Gasteiger partial charge in [-0.05, 0) is 0 Å². The Morgan fingerprint density at radius 1 is 0.378 bits per heavy atom. The van der Waals surface area contributed by atoms with Crippen molar-refractivity contribution in [3.05, 3.63) is 0 Å². The average molecular weight is 758 g/mol. The van der Waals surface area contributed by atoms with E-state index in [4.69, 9.17) is 37.3 Å². The van der Waals surface area contributed by atoms with Crippen LogP contribution in [0, 0.1) is 20.5 Å². The molecule has 2 bridgehead atoms. The Morgan fingerprint density at radius 3 is 0.649 bits per heavy atom. The van der Waals surface area contributed by atoms with Gasteiger partial charge in [0, 0.05) is 76.6 Å². The molecule has 0 aliphatic carbocycles. The van der Waals surface area contributed by atoms with Gasteiger partial charge in [0.1, 0.15) is 0 Å². The first-order chi connectivity index (χ1) is 16.9. The molecule has 0 saturated heterocycles. The SMILES string of the molecule is C1=NCCN2CCN=CC=NCCN(CCN=C1)CCN=CC=NCC2.[Hg+2].[O-][Cl+3]([O-])([O-])[O-].[O-][Cl+3]([O-])([O-])[O-]. The molecule has 19 heteroatoms. The molecule has 3 rings (SSSR count). The van der Waals surface area contributed by atoms with E-state index in [0.29, 0.717) is 0 Å². The Labute approximate surface area is 240 Å². The average Bonchev–Trinajstić information content (AvgIpc) is 2.74. The van der Waals surface area contributed by atoms with Gasteiger partial charge in [-0.15, -0.1) is 20.5 Å². The first-order valence-corrected chi connectivity index (χ1v) is 13.0. The van der Waals surface area contributed by atoms with E-state index in [1.165, 1.54) is 0 Å². The fourth-order valence-electron chi connectivity index (χ4n) is 2.60. The van der Waals surface area contributed by atoms with Gasteiger partial charge in [-0.25, -0.2) is 37.3 Å². The summed E-state index contributed by atoms with van der Waals surface area (Å²) in [6.45, 7) is 9.92. The summed E-state index contributed by atoms with van der Waals surface area (Å²) in [5.41, 5.74) is 0. The summed E-state index contributed by atoms with van der Waals surface area (Å²) in [7, 11) is -9.89. The molecule has 0 radical (unpaired) electrons. The molecular weight excluding hydrogens is 728 g/mol. The van der Waals surface area contributed by atoms with Crippen molar-refractivity contribution in [3.8, 4) is 0 Å². The van der Waals surface area contributed by atoms with Crippen molar-refractivity contribution in [3.63, 3.8) is 0 Å². The Morgan fingerprint density at radius 2 is 0.514 bits per heavy atom. The number of nitrogens with zero attached hydrogens (tertiary/aromatic N) is 8. The summed E-state index contributed by atoms with van der Waals surface area (Å²) in [6.07, 6.45) is 10.8. The molecule has 0 aromatic rings. The van der Waals surface area contributed by atoms with Crippen LogP contribution in [0.15, 0.2) is 30.0 Å². The van der Waals surface area contributed by atoms with E-state index in [1.54, 1.807) is 37.3 Å². The van der Waals surface area contributed by atoms with Gasteiger partial charge in [-0.3, -0.25) is 39.8 Å². The maximum Gasteiger partial charge on any atom is 2.00 e. The van der Waals surface area contributed by atoms with Crippen LogP contribution >= 0.6 is 0 Å². The maximum atomic E-state index is 8.49. The fraction of sp³-hybridized carbons (Fsp3) is 0.667. The summed E-state index contributed by atoms with van der Waals surface area (Å²) in [5.74, 6) is 0. The zero-order chi connectivity index (χ0) is 27.1. The second kappa shape index (κ2) is 24.2. The third-order valence-corrected chi connectivity index (χ3v) is 4.10. The van der Waals surface area contributed by atoms with Crippen LogP contribution in [-0.4, -0.2) is 126 Å². The quantitative estimate of drug-likeness (QED) is 0.211. The van der Waals surface area contributed by atoms with Crippen LogP contribution in [0.3, 0.4) is 0 Å². The van der Waals surface area contributed by atoms with E-state index in [9.17, 15) is 0 Å². The minimum Gasteiger partial charge on any atom is -0.298 e. The van der Waals surface area contributed by atoms with Crippen LogP contribution in [-0.2, 0) is 27.7 Å². The van der Waals surface area contributed by atoms with Crippen LogP contribution < -0.4 is 37.3 Å². The standard InChI is InChI=1S/C18H30N8.2ClHO4.Hg/c1-2-20-8-14-26-17-11-23-5-3-21-9-15-25(13-7-19-1)16-10-22-4-6-24-12-18-26;2*2-1(3,4)5;/h1-6H,7-18H2;2*(H,2,3,4,5);/q;;;+2/p-2. The van der Waals surface area contributed by atoms with Gasteiger partial charge in [0.05, 0.1) is 39.3 Å². The smallest absolute Gasteiger partial charge is 0.298 e. The Bertz CT molecular complexity index is 585.